The van der Waals surface area contributed by atoms with Crippen LogP contribution >= 0.6 is 0 Å². The van der Waals surface area contributed by atoms with Gasteiger partial charge in [-0.3, -0.25) is 4.79 Å². The molecule has 0 unspecified atom stereocenters. The highest BCUT2D eigenvalue weighted by atomic mass is 19.1. The Morgan fingerprint density at radius 3 is 2.56 bits per heavy atom. The minimum absolute atomic E-state index is 0.0133. The van der Waals surface area contributed by atoms with E-state index in [1.807, 2.05) is 0 Å². The van der Waals surface area contributed by atoms with Crippen molar-refractivity contribution >= 4 is 11.6 Å². The Morgan fingerprint density at radius 2 is 1.84 bits per heavy atom. The molecule has 0 aliphatic carbocycles. The van der Waals surface area contributed by atoms with E-state index in [1.165, 1.54) is 37.8 Å². The third-order valence-electron chi connectivity index (χ3n) is 3.13. The third kappa shape index (κ3) is 3.86. The van der Waals surface area contributed by atoms with Crippen molar-refractivity contribution in [2.75, 3.05) is 12.4 Å². The van der Waals surface area contributed by atoms with Crippen LogP contribution in [0.25, 0.3) is 0 Å². The number of pyridine rings is 1. The Balaban J connectivity index is 1.70. The van der Waals surface area contributed by atoms with Gasteiger partial charge in [0.1, 0.15) is 5.56 Å². The summed E-state index contributed by atoms with van der Waals surface area (Å²) in [6.45, 7) is 0. The summed E-state index contributed by atoms with van der Waals surface area (Å²) in [5.74, 6) is -0.719. The molecule has 2 heterocycles. The average Bonchev–Trinajstić information content (AvgIpc) is 2.65. The van der Waals surface area contributed by atoms with Crippen LogP contribution in [-0.4, -0.2) is 28.0 Å². The molecule has 1 amide bonds. The van der Waals surface area contributed by atoms with E-state index in [1.54, 1.807) is 24.3 Å². The molecule has 1 N–H and O–H groups in total. The van der Waals surface area contributed by atoms with Gasteiger partial charge in [0.25, 0.3) is 5.91 Å². The summed E-state index contributed by atoms with van der Waals surface area (Å²) in [6, 6.07) is 9.08. The molecule has 3 rings (SSSR count). The minimum Gasteiger partial charge on any atom is -0.480 e. The Bertz CT molecular complexity index is 887. The number of para-hydroxylation sites is 1. The smallest absolute Gasteiger partial charge is 0.322 e. The number of ether oxygens (including phenoxy) is 2. The van der Waals surface area contributed by atoms with Crippen molar-refractivity contribution < 1.29 is 18.7 Å². The quantitative estimate of drug-likeness (QED) is 0.768. The molecular formula is C17H13FN4O3. The van der Waals surface area contributed by atoms with Crippen LogP contribution in [0.15, 0.2) is 55.0 Å². The number of halogens is 1. The molecule has 0 saturated carbocycles. The van der Waals surface area contributed by atoms with Crippen molar-refractivity contribution in [3.05, 3.63) is 66.4 Å². The molecule has 0 spiro atoms. The van der Waals surface area contributed by atoms with E-state index in [2.05, 4.69) is 20.3 Å². The number of nitrogens with one attached hydrogen (secondary N) is 1. The van der Waals surface area contributed by atoms with E-state index >= 15 is 0 Å². The van der Waals surface area contributed by atoms with Crippen molar-refractivity contribution in [3.8, 4) is 17.6 Å². The molecule has 0 atom stereocenters. The number of rotatable bonds is 5. The second-order valence-corrected chi connectivity index (χ2v) is 4.80. The van der Waals surface area contributed by atoms with E-state index in [0.717, 1.165) is 0 Å². The monoisotopic (exact) mass is 340 g/mol. The van der Waals surface area contributed by atoms with Crippen LogP contribution in [0.3, 0.4) is 0 Å². The van der Waals surface area contributed by atoms with Crippen molar-refractivity contribution in [2.45, 2.75) is 0 Å². The van der Waals surface area contributed by atoms with Gasteiger partial charge >= 0.3 is 6.01 Å². The maximum absolute atomic E-state index is 13.5. The van der Waals surface area contributed by atoms with Crippen molar-refractivity contribution in [3.63, 3.8) is 0 Å². The van der Waals surface area contributed by atoms with E-state index in [9.17, 15) is 9.18 Å². The summed E-state index contributed by atoms with van der Waals surface area (Å²) >= 11 is 0. The van der Waals surface area contributed by atoms with Gasteiger partial charge in [-0.25, -0.2) is 19.3 Å². The lowest BCUT2D eigenvalue weighted by atomic mass is 10.2. The van der Waals surface area contributed by atoms with Gasteiger partial charge < -0.3 is 14.8 Å². The highest BCUT2D eigenvalue weighted by Crippen LogP contribution is 2.21. The van der Waals surface area contributed by atoms with Gasteiger partial charge in [0.15, 0.2) is 11.6 Å². The zero-order valence-corrected chi connectivity index (χ0v) is 13.1. The van der Waals surface area contributed by atoms with Crippen molar-refractivity contribution in [1.82, 2.24) is 15.0 Å². The molecule has 0 saturated heterocycles. The van der Waals surface area contributed by atoms with Gasteiger partial charge in [-0.05, 0) is 24.3 Å². The number of carbonyl (C=O) groups is 1. The Morgan fingerprint density at radius 1 is 1.08 bits per heavy atom. The van der Waals surface area contributed by atoms with Crippen molar-refractivity contribution in [2.24, 2.45) is 0 Å². The van der Waals surface area contributed by atoms with E-state index in [0.29, 0.717) is 5.69 Å². The lowest BCUT2D eigenvalue weighted by Gasteiger charge is -2.08. The molecule has 8 heteroatoms. The van der Waals surface area contributed by atoms with Gasteiger partial charge in [-0.1, -0.05) is 12.1 Å². The summed E-state index contributed by atoms with van der Waals surface area (Å²) in [5, 5.41) is 2.62. The number of amides is 1. The molecule has 1 aromatic carbocycles. The fourth-order valence-electron chi connectivity index (χ4n) is 1.98. The van der Waals surface area contributed by atoms with Crippen LogP contribution in [0.1, 0.15) is 10.4 Å². The van der Waals surface area contributed by atoms with E-state index < -0.39 is 11.7 Å². The molecule has 0 radical (unpaired) electrons. The highest BCUT2D eigenvalue weighted by molar-refractivity contribution is 6.05. The number of hydrogen-bond acceptors (Lipinski definition) is 6. The van der Waals surface area contributed by atoms with Gasteiger partial charge in [0, 0.05) is 6.20 Å². The molecule has 0 fully saturated rings. The van der Waals surface area contributed by atoms with Crippen LogP contribution in [0, 0.1) is 5.82 Å². The van der Waals surface area contributed by atoms with E-state index in [4.69, 9.17) is 9.47 Å². The minimum atomic E-state index is -0.521. The molecular weight excluding hydrogens is 327 g/mol. The number of methoxy groups -OCH3 is 1. The molecule has 0 aliphatic heterocycles. The van der Waals surface area contributed by atoms with Gasteiger partial charge in [-0.2, -0.15) is 0 Å². The molecule has 7 nitrogen and oxygen atoms in total. The SMILES string of the molecule is COc1ncccc1C(=O)Nc1cnc(Oc2ccccc2F)nc1. The van der Waals surface area contributed by atoms with E-state index in [-0.39, 0.29) is 23.2 Å². The maximum atomic E-state index is 13.5. The third-order valence-corrected chi connectivity index (χ3v) is 3.13. The van der Waals surface area contributed by atoms with Crippen LogP contribution in [0.4, 0.5) is 10.1 Å². The molecule has 0 bridgehead atoms. The first kappa shape index (κ1) is 16.3. The molecule has 0 aliphatic rings. The number of hydrogen-bond donors (Lipinski definition) is 1. The van der Waals surface area contributed by atoms with Gasteiger partial charge in [-0.15, -0.1) is 0 Å². The number of carbonyl (C=O) groups excluding carboxylic acids is 1. The Hall–Kier alpha value is -3.55. The molecule has 126 valence electrons. The van der Waals surface area contributed by atoms with Crippen molar-refractivity contribution in [1.29, 1.82) is 0 Å². The molecule has 3 aromatic rings. The number of benzene rings is 1. The lowest BCUT2D eigenvalue weighted by molar-refractivity contribution is 0.102. The lowest BCUT2D eigenvalue weighted by Crippen LogP contribution is -2.14. The van der Waals surface area contributed by atoms with Crippen LogP contribution in [0.2, 0.25) is 0 Å². The normalized spacial score (nSPS) is 10.2. The standard InChI is InChI=1S/C17H13FN4O3/c1-24-16-12(5-4-8-19-16)15(23)22-11-9-20-17(21-10-11)25-14-7-3-2-6-13(14)18/h2-10H,1H3,(H,22,23). The number of aromatic nitrogens is 3. The number of nitrogens with zero attached hydrogens (tertiary/aromatic N) is 3. The highest BCUT2D eigenvalue weighted by Gasteiger charge is 2.13. The fraction of sp³-hybridized carbons (Fsp3) is 0.0588. The van der Waals surface area contributed by atoms with Crippen LogP contribution in [0.5, 0.6) is 17.6 Å². The zero-order valence-electron chi connectivity index (χ0n) is 13.1. The Labute approximate surface area is 142 Å². The second kappa shape index (κ2) is 7.35. The second-order valence-electron chi connectivity index (χ2n) is 4.80. The molecule has 2 aromatic heterocycles. The fourth-order valence-corrected chi connectivity index (χ4v) is 1.98. The Kier molecular flexibility index (Phi) is 4.79. The van der Waals surface area contributed by atoms with Gasteiger partial charge in [0.2, 0.25) is 5.88 Å². The first-order valence-corrected chi connectivity index (χ1v) is 7.22. The summed E-state index contributed by atoms with van der Waals surface area (Å²) < 4.78 is 23.8. The summed E-state index contributed by atoms with van der Waals surface area (Å²) in [6.07, 6.45) is 4.22. The number of anilines is 1. The largest absolute Gasteiger partial charge is 0.480 e. The zero-order chi connectivity index (χ0) is 17.6. The predicted molar refractivity (Wildman–Crippen MR) is 87.2 cm³/mol. The summed E-state index contributed by atoms with van der Waals surface area (Å²) in [5.41, 5.74) is 0.619. The first-order valence-electron chi connectivity index (χ1n) is 7.22. The average molecular weight is 340 g/mol. The maximum Gasteiger partial charge on any atom is 0.322 e. The summed E-state index contributed by atoms with van der Waals surface area (Å²) in [4.78, 5) is 24.1. The summed E-state index contributed by atoms with van der Waals surface area (Å²) in [7, 11) is 1.43. The first-order chi connectivity index (χ1) is 12.2. The van der Waals surface area contributed by atoms with Crippen LogP contribution < -0.4 is 14.8 Å². The predicted octanol–water partition coefficient (Wildman–Crippen LogP) is 3.06. The van der Waals surface area contributed by atoms with Crippen LogP contribution in [-0.2, 0) is 0 Å². The topological polar surface area (TPSA) is 86.2 Å². The molecule has 25 heavy (non-hydrogen) atoms. The van der Waals surface area contributed by atoms with Gasteiger partial charge in [0.05, 0.1) is 25.2 Å².